The molecular weight excluding hydrogens is 504 g/mol. The number of hydrogen-bond donors (Lipinski definition) is 9. The number of primary amides is 1. The minimum Gasteiger partial charge on any atom is -0.481 e. The molecule has 1 heterocycles. The zero-order valence-electron chi connectivity index (χ0n) is 20.9. The number of imidazole rings is 1. The number of amides is 4. The van der Waals surface area contributed by atoms with Gasteiger partial charge in [0.1, 0.15) is 18.1 Å². The first-order chi connectivity index (χ1) is 17.9. The molecule has 1 rings (SSSR count). The first kappa shape index (κ1) is 32.0. The number of carbonyl (C=O) groups is 6. The fourth-order valence-corrected chi connectivity index (χ4v) is 3.37. The van der Waals surface area contributed by atoms with Crippen molar-refractivity contribution in [1.82, 2.24) is 25.9 Å². The molecule has 212 valence electrons. The monoisotopic (exact) mass is 540 g/mol. The lowest BCUT2D eigenvalue weighted by atomic mass is 10.0. The average Bonchev–Trinajstić information content (AvgIpc) is 3.36. The minimum absolute atomic E-state index is 0.0480. The van der Waals surface area contributed by atoms with Crippen LogP contribution in [0.3, 0.4) is 0 Å². The summed E-state index contributed by atoms with van der Waals surface area (Å²) < 4.78 is 0. The van der Waals surface area contributed by atoms with E-state index in [2.05, 4.69) is 25.9 Å². The van der Waals surface area contributed by atoms with Crippen molar-refractivity contribution in [3.8, 4) is 0 Å². The third-order valence-electron chi connectivity index (χ3n) is 5.49. The molecule has 4 amide bonds. The third-order valence-corrected chi connectivity index (χ3v) is 5.49. The van der Waals surface area contributed by atoms with Gasteiger partial charge in [0.25, 0.3) is 0 Å². The number of unbranched alkanes of at least 4 members (excludes halogenated alkanes) is 1. The molecule has 16 heteroatoms. The molecule has 12 N–H and O–H groups in total. The molecule has 1 aromatic heterocycles. The summed E-state index contributed by atoms with van der Waals surface area (Å²) in [4.78, 5) is 78.9. The molecule has 0 saturated heterocycles. The second-order valence-electron chi connectivity index (χ2n) is 8.63. The van der Waals surface area contributed by atoms with Crippen LogP contribution in [0.15, 0.2) is 12.5 Å². The van der Waals surface area contributed by atoms with Crippen molar-refractivity contribution in [2.45, 2.75) is 75.5 Å². The molecule has 0 spiro atoms. The first-order valence-corrected chi connectivity index (χ1v) is 12.0. The fourth-order valence-electron chi connectivity index (χ4n) is 3.37. The van der Waals surface area contributed by atoms with Crippen molar-refractivity contribution in [1.29, 1.82) is 0 Å². The maximum Gasteiger partial charge on any atom is 0.326 e. The van der Waals surface area contributed by atoms with E-state index < -0.39 is 72.6 Å². The number of H-pyrrole nitrogens is 1. The summed E-state index contributed by atoms with van der Waals surface area (Å²) in [6.07, 6.45) is 2.82. The Morgan fingerprint density at radius 1 is 0.868 bits per heavy atom. The smallest absolute Gasteiger partial charge is 0.326 e. The normalized spacial score (nSPS) is 13.9. The predicted octanol–water partition coefficient (Wildman–Crippen LogP) is -2.92. The van der Waals surface area contributed by atoms with Crippen LogP contribution in [0.1, 0.15) is 50.6 Å². The van der Waals surface area contributed by atoms with Crippen LogP contribution in [0, 0.1) is 0 Å². The summed E-state index contributed by atoms with van der Waals surface area (Å²) >= 11 is 0. The van der Waals surface area contributed by atoms with Crippen molar-refractivity contribution in [2.75, 3.05) is 6.54 Å². The molecular formula is C22H36N8O8. The Hall–Kier alpha value is -4.05. The summed E-state index contributed by atoms with van der Waals surface area (Å²) in [5.74, 6) is -5.91. The van der Waals surface area contributed by atoms with Crippen molar-refractivity contribution in [3.05, 3.63) is 18.2 Å². The maximum absolute atomic E-state index is 13.2. The van der Waals surface area contributed by atoms with Gasteiger partial charge in [-0.15, -0.1) is 0 Å². The molecule has 38 heavy (non-hydrogen) atoms. The second-order valence-corrected chi connectivity index (χ2v) is 8.63. The number of nitrogens with one attached hydrogen (secondary N) is 4. The fraction of sp³-hybridized carbons (Fsp3) is 0.591. The molecule has 0 bridgehead atoms. The van der Waals surface area contributed by atoms with Gasteiger partial charge in [0.05, 0.1) is 12.4 Å². The van der Waals surface area contributed by atoms with E-state index in [0.29, 0.717) is 31.5 Å². The van der Waals surface area contributed by atoms with Gasteiger partial charge in [-0.2, -0.15) is 0 Å². The molecule has 1 aromatic rings. The zero-order chi connectivity index (χ0) is 28.7. The highest BCUT2D eigenvalue weighted by Crippen LogP contribution is 2.06. The summed E-state index contributed by atoms with van der Waals surface area (Å²) in [5, 5.41) is 25.3. The molecule has 16 nitrogen and oxygen atoms in total. The molecule has 0 aliphatic rings. The van der Waals surface area contributed by atoms with Crippen molar-refractivity contribution >= 4 is 35.6 Å². The Kier molecular flexibility index (Phi) is 14.0. The average molecular weight is 541 g/mol. The topological polar surface area (TPSA) is 286 Å². The van der Waals surface area contributed by atoms with E-state index in [1.54, 1.807) is 0 Å². The molecule has 0 aromatic carbocycles. The lowest BCUT2D eigenvalue weighted by Gasteiger charge is -2.25. The van der Waals surface area contributed by atoms with Gasteiger partial charge >= 0.3 is 11.9 Å². The van der Waals surface area contributed by atoms with E-state index in [-0.39, 0.29) is 19.3 Å². The standard InChI is InChI=1S/C22H36N8O8/c23-8-2-1-3-13(24)19(34)30-16(9-12-10-26-11-27-12)21(36)28-14(4-6-17(25)31)20(35)29-15(22(37)38)5-7-18(32)33/h10-11,13-16H,1-9,23-24H2,(H2,25,31)(H,26,27)(H,28,36)(H,29,35)(H,30,34)(H,32,33)(H,37,38). The summed E-state index contributed by atoms with van der Waals surface area (Å²) in [7, 11) is 0. The first-order valence-electron chi connectivity index (χ1n) is 12.0. The minimum atomic E-state index is -1.56. The van der Waals surface area contributed by atoms with E-state index in [4.69, 9.17) is 22.3 Å². The Bertz CT molecular complexity index is 955. The van der Waals surface area contributed by atoms with Crippen LogP contribution < -0.4 is 33.2 Å². The molecule has 4 atom stereocenters. The Balaban J connectivity index is 3.04. The van der Waals surface area contributed by atoms with Crippen LogP contribution in [0.2, 0.25) is 0 Å². The lowest BCUT2D eigenvalue weighted by Crippen LogP contribution is -2.57. The van der Waals surface area contributed by atoms with Crippen LogP contribution in [0.5, 0.6) is 0 Å². The number of aromatic nitrogens is 2. The van der Waals surface area contributed by atoms with Gasteiger partial charge < -0.3 is 48.3 Å². The number of carbonyl (C=O) groups excluding carboxylic acids is 4. The Morgan fingerprint density at radius 3 is 2.03 bits per heavy atom. The van der Waals surface area contributed by atoms with Crippen molar-refractivity contribution in [2.24, 2.45) is 17.2 Å². The second kappa shape index (κ2) is 16.6. The maximum atomic E-state index is 13.2. The lowest BCUT2D eigenvalue weighted by molar-refractivity contribution is -0.143. The van der Waals surface area contributed by atoms with E-state index in [0.717, 1.165) is 0 Å². The number of rotatable bonds is 19. The van der Waals surface area contributed by atoms with Crippen LogP contribution in [0.4, 0.5) is 0 Å². The number of hydrogen-bond acceptors (Lipinski definition) is 9. The SMILES string of the molecule is NCCCCC(N)C(=O)NC(Cc1cnc[nH]1)C(=O)NC(CCC(N)=O)C(=O)NC(CCC(=O)O)C(=O)O. The highest BCUT2D eigenvalue weighted by atomic mass is 16.4. The van der Waals surface area contributed by atoms with E-state index in [9.17, 15) is 33.9 Å². The van der Waals surface area contributed by atoms with Gasteiger partial charge in [-0.1, -0.05) is 6.42 Å². The van der Waals surface area contributed by atoms with Crippen LogP contribution in [-0.4, -0.2) is 86.5 Å². The molecule has 0 fully saturated rings. The van der Waals surface area contributed by atoms with Crippen molar-refractivity contribution < 1.29 is 39.0 Å². The number of aromatic amines is 1. The number of nitrogens with zero attached hydrogens (tertiary/aromatic N) is 1. The van der Waals surface area contributed by atoms with E-state index in [1.807, 2.05) is 0 Å². The van der Waals surface area contributed by atoms with Crippen molar-refractivity contribution in [3.63, 3.8) is 0 Å². The van der Waals surface area contributed by atoms with Gasteiger partial charge in [-0.3, -0.25) is 24.0 Å². The van der Waals surface area contributed by atoms with Crippen LogP contribution >= 0.6 is 0 Å². The summed E-state index contributed by atoms with van der Waals surface area (Å²) in [5.41, 5.74) is 17.0. The molecule has 0 aliphatic heterocycles. The van der Waals surface area contributed by atoms with Gasteiger partial charge in [-0.05, 0) is 32.2 Å². The predicted molar refractivity (Wildman–Crippen MR) is 132 cm³/mol. The highest BCUT2D eigenvalue weighted by Gasteiger charge is 2.31. The molecule has 0 radical (unpaired) electrons. The number of aliphatic carboxylic acids is 2. The summed E-state index contributed by atoms with van der Waals surface area (Å²) in [6, 6.07) is -5.10. The summed E-state index contributed by atoms with van der Waals surface area (Å²) in [6.45, 7) is 0.437. The van der Waals surface area contributed by atoms with Gasteiger partial charge in [0, 0.05) is 31.2 Å². The highest BCUT2D eigenvalue weighted by molar-refractivity contribution is 5.94. The zero-order valence-corrected chi connectivity index (χ0v) is 20.9. The van der Waals surface area contributed by atoms with Crippen LogP contribution in [0.25, 0.3) is 0 Å². The number of carboxylic acid groups (broad SMARTS) is 2. The quantitative estimate of drug-likeness (QED) is 0.0801. The van der Waals surface area contributed by atoms with Gasteiger partial charge in [0.15, 0.2) is 0 Å². The van der Waals surface area contributed by atoms with Gasteiger partial charge in [-0.25, -0.2) is 9.78 Å². The largest absolute Gasteiger partial charge is 0.481 e. The third kappa shape index (κ3) is 12.3. The number of nitrogens with two attached hydrogens (primary N) is 3. The molecule has 0 aliphatic carbocycles. The van der Waals surface area contributed by atoms with Crippen LogP contribution in [-0.2, 0) is 35.2 Å². The number of carboxylic acids is 2. The molecule has 0 saturated carbocycles. The Labute approximate surface area is 218 Å². The molecule has 4 unspecified atom stereocenters. The van der Waals surface area contributed by atoms with E-state index in [1.165, 1.54) is 12.5 Å². The van der Waals surface area contributed by atoms with Gasteiger partial charge in [0.2, 0.25) is 23.6 Å². The van der Waals surface area contributed by atoms with E-state index >= 15 is 0 Å². The Morgan fingerprint density at radius 2 is 1.47 bits per heavy atom.